The highest BCUT2D eigenvalue weighted by molar-refractivity contribution is 6.04. The van der Waals surface area contributed by atoms with Crippen LogP contribution in [-0.4, -0.2) is 17.9 Å². The molecule has 0 radical (unpaired) electrons. The summed E-state index contributed by atoms with van der Waals surface area (Å²) in [6.45, 7) is 0.663. The van der Waals surface area contributed by atoms with E-state index in [1.807, 2.05) is 42.3 Å². The molecule has 0 bridgehead atoms. The Morgan fingerprint density at radius 1 is 1.04 bits per heavy atom. The first kappa shape index (κ1) is 17.5. The van der Waals surface area contributed by atoms with Gasteiger partial charge >= 0.3 is 0 Å². The molecule has 0 saturated heterocycles. The van der Waals surface area contributed by atoms with Crippen molar-refractivity contribution in [3.63, 3.8) is 0 Å². The lowest BCUT2D eigenvalue weighted by Gasteiger charge is -2.19. The Morgan fingerprint density at radius 3 is 2.54 bits per heavy atom. The Hall–Kier alpha value is -3.28. The van der Waals surface area contributed by atoms with Crippen molar-refractivity contribution in [2.75, 3.05) is 17.3 Å². The minimum absolute atomic E-state index is 0.178. The third kappa shape index (κ3) is 4.22. The summed E-state index contributed by atoms with van der Waals surface area (Å²) in [4.78, 5) is 18.4. The molecule has 0 aliphatic rings. The monoisotopic (exact) mass is 353 g/mol. The molecule has 6 heteroatoms. The van der Waals surface area contributed by atoms with Crippen LogP contribution < -0.4 is 10.2 Å². The fourth-order valence-corrected chi connectivity index (χ4v) is 2.49. The average molecular weight is 353 g/mol. The molecule has 2 aromatic carbocycles. The number of nitrogens with zero attached hydrogens (tertiary/aromatic N) is 2. The summed E-state index contributed by atoms with van der Waals surface area (Å²) in [6, 6.07) is 14.8. The number of aromatic nitrogens is 1. The third-order valence-electron chi connectivity index (χ3n) is 3.87. The molecule has 3 rings (SSSR count). The number of amides is 1. The second-order valence-corrected chi connectivity index (χ2v) is 5.86. The summed E-state index contributed by atoms with van der Waals surface area (Å²) in [5.41, 5.74) is 2.41. The van der Waals surface area contributed by atoms with Gasteiger partial charge in [0.2, 0.25) is 0 Å². The second-order valence-electron chi connectivity index (χ2n) is 5.86. The zero-order valence-electron chi connectivity index (χ0n) is 14.1. The molecule has 0 saturated carbocycles. The molecule has 1 N–H and O–H groups in total. The highest BCUT2D eigenvalue weighted by Gasteiger charge is 2.11. The molecule has 0 fully saturated rings. The number of carbonyl (C=O) groups excluding carboxylic acids is 1. The average Bonchev–Trinajstić information content (AvgIpc) is 2.65. The van der Waals surface area contributed by atoms with Gasteiger partial charge in [0.1, 0.15) is 0 Å². The van der Waals surface area contributed by atoms with Gasteiger partial charge in [0.05, 0.1) is 17.4 Å². The zero-order valence-corrected chi connectivity index (χ0v) is 14.1. The standard InChI is InChI=1S/C20H17F2N3O/c1-25(13-14-5-3-2-4-6-14)17-9-15(11-23-12-17)20(26)24-16-7-8-18(21)19(22)10-16/h2-12H,13H2,1H3,(H,24,26). The number of anilines is 2. The van der Waals surface area contributed by atoms with E-state index < -0.39 is 17.5 Å². The first-order chi connectivity index (χ1) is 12.5. The van der Waals surface area contributed by atoms with Crippen molar-refractivity contribution in [2.24, 2.45) is 0 Å². The van der Waals surface area contributed by atoms with Gasteiger partial charge < -0.3 is 10.2 Å². The van der Waals surface area contributed by atoms with E-state index in [4.69, 9.17) is 0 Å². The first-order valence-corrected chi connectivity index (χ1v) is 7.99. The fraction of sp³-hybridized carbons (Fsp3) is 0.100. The summed E-state index contributed by atoms with van der Waals surface area (Å²) in [5.74, 6) is -2.43. The van der Waals surface area contributed by atoms with Crippen molar-refractivity contribution in [3.05, 3.63) is 89.8 Å². The summed E-state index contributed by atoms with van der Waals surface area (Å²) < 4.78 is 26.2. The largest absolute Gasteiger partial charge is 0.369 e. The topological polar surface area (TPSA) is 45.2 Å². The number of hydrogen-bond acceptors (Lipinski definition) is 3. The molecule has 0 atom stereocenters. The Labute approximate surface area is 150 Å². The lowest BCUT2D eigenvalue weighted by Crippen LogP contribution is -2.18. The predicted molar refractivity (Wildman–Crippen MR) is 97.1 cm³/mol. The summed E-state index contributed by atoms with van der Waals surface area (Å²) in [5, 5.41) is 2.54. The van der Waals surface area contributed by atoms with Crippen molar-refractivity contribution < 1.29 is 13.6 Å². The summed E-state index contributed by atoms with van der Waals surface area (Å²) in [7, 11) is 1.90. The molecule has 132 valence electrons. The van der Waals surface area contributed by atoms with Crippen LogP contribution in [0, 0.1) is 11.6 Å². The van der Waals surface area contributed by atoms with Crippen molar-refractivity contribution in [1.82, 2.24) is 4.98 Å². The Balaban J connectivity index is 1.73. The zero-order chi connectivity index (χ0) is 18.5. The molecule has 3 aromatic rings. The summed E-state index contributed by atoms with van der Waals surface area (Å²) >= 11 is 0. The normalized spacial score (nSPS) is 10.4. The highest BCUT2D eigenvalue weighted by Crippen LogP contribution is 2.18. The van der Waals surface area contributed by atoms with Gasteiger partial charge in [-0.1, -0.05) is 30.3 Å². The maximum Gasteiger partial charge on any atom is 0.257 e. The van der Waals surface area contributed by atoms with Gasteiger partial charge in [-0.15, -0.1) is 0 Å². The van der Waals surface area contributed by atoms with Crippen molar-refractivity contribution in [3.8, 4) is 0 Å². The van der Waals surface area contributed by atoms with Crippen molar-refractivity contribution >= 4 is 17.3 Å². The summed E-state index contributed by atoms with van der Waals surface area (Å²) in [6.07, 6.45) is 3.09. The minimum Gasteiger partial charge on any atom is -0.369 e. The SMILES string of the molecule is CN(Cc1ccccc1)c1cncc(C(=O)Nc2ccc(F)c(F)c2)c1. The molecule has 1 aromatic heterocycles. The van der Waals surface area contributed by atoms with E-state index in [1.165, 1.54) is 12.3 Å². The Morgan fingerprint density at radius 2 is 1.81 bits per heavy atom. The van der Waals surface area contributed by atoms with E-state index in [-0.39, 0.29) is 5.69 Å². The van der Waals surface area contributed by atoms with E-state index >= 15 is 0 Å². The minimum atomic E-state index is -1.02. The van der Waals surface area contributed by atoms with Crippen LogP contribution in [0.4, 0.5) is 20.2 Å². The van der Waals surface area contributed by atoms with Crippen LogP contribution >= 0.6 is 0 Å². The van der Waals surface area contributed by atoms with Crippen LogP contribution in [0.25, 0.3) is 0 Å². The molecular formula is C20H17F2N3O. The van der Waals surface area contributed by atoms with Crippen LogP contribution in [0.15, 0.2) is 67.0 Å². The number of nitrogens with one attached hydrogen (secondary N) is 1. The van der Waals surface area contributed by atoms with Crippen LogP contribution in [0.5, 0.6) is 0 Å². The van der Waals surface area contributed by atoms with Gasteiger partial charge in [0, 0.05) is 31.5 Å². The smallest absolute Gasteiger partial charge is 0.257 e. The number of carbonyl (C=O) groups is 1. The number of benzene rings is 2. The van der Waals surface area contributed by atoms with Gasteiger partial charge in [-0.05, 0) is 23.8 Å². The molecule has 1 heterocycles. The van der Waals surface area contributed by atoms with Gasteiger partial charge in [-0.3, -0.25) is 9.78 Å². The molecule has 0 spiro atoms. The van der Waals surface area contributed by atoms with E-state index in [0.717, 1.165) is 23.4 Å². The van der Waals surface area contributed by atoms with E-state index in [1.54, 1.807) is 12.3 Å². The number of halogens is 2. The van der Waals surface area contributed by atoms with E-state index in [0.29, 0.717) is 12.1 Å². The number of rotatable bonds is 5. The number of hydrogen-bond donors (Lipinski definition) is 1. The van der Waals surface area contributed by atoms with E-state index in [9.17, 15) is 13.6 Å². The van der Waals surface area contributed by atoms with Crippen molar-refractivity contribution in [2.45, 2.75) is 6.54 Å². The van der Waals surface area contributed by atoms with Gasteiger partial charge in [-0.25, -0.2) is 8.78 Å². The van der Waals surface area contributed by atoms with Crippen LogP contribution in [0.3, 0.4) is 0 Å². The lowest BCUT2D eigenvalue weighted by molar-refractivity contribution is 0.102. The maximum absolute atomic E-state index is 13.3. The molecule has 0 aliphatic carbocycles. The molecule has 26 heavy (non-hydrogen) atoms. The lowest BCUT2D eigenvalue weighted by atomic mass is 10.2. The van der Waals surface area contributed by atoms with Gasteiger partial charge in [-0.2, -0.15) is 0 Å². The van der Waals surface area contributed by atoms with Crippen LogP contribution in [0.1, 0.15) is 15.9 Å². The quantitative estimate of drug-likeness (QED) is 0.746. The molecular weight excluding hydrogens is 336 g/mol. The Kier molecular flexibility index (Phi) is 5.22. The van der Waals surface area contributed by atoms with Crippen molar-refractivity contribution in [1.29, 1.82) is 0 Å². The maximum atomic E-state index is 13.3. The van der Waals surface area contributed by atoms with E-state index in [2.05, 4.69) is 10.3 Å². The molecule has 1 amide bonds. The van der Waals surface area contributed by atoms with Crippen LogP contribution in [0.2, 0.25) is 0 Å². The highest BCUT2D eigenvalue weighted by atomic mass is 19.2. The predicted octanol–water partition coefficient (Wildman–Crippen LogP) is 4.25. The molecule has 4 nitrogen and oxygen atoms in total. The second kappa shape index (κ2) is 7.74. The number of pyridine rings is 1. The van der Waals surface area contributed by atoms with Gasteiger partial charge in [0.15, 0.2) is 11.6 Å². The fourth-order valence-electron chi connectivity index (χ4n) is 2.49. The van der Waals surface area contributed by atoms with Gasteiger partial charge in [0.25, 0.3) is 5.91 Å². The van der Waals surface area contributed by atoms with Crippen LogP contribution in [-0.2, 0) is 6.54 Å². The first-order valence-electron chi connectivity index (χ1n) is 7.99. The third-order valence-corrected chi connectivity index (χ3v) is 3.87. The Bertz CT molecular complexity index is 916. The molecule has 0 aliphatic heterocycles. The molecule has 0 unspecified atom stereocenters.